The Labute approximate surface area is 94.6 Å². The summed E-state index contributed by atoms with van der Waals surface area (Å²) in [5.41, 5.74) is 4.63. The van der Waals surface area contributed by atoms with Crippen molar-refractivity contribution in [2.75, 3.05) is 13.2 Å². The van der Waals surface area contributed by atoms with Crippen LogP contribution in [0.3, 0.4) is 0 Å². The average Bonchev–Trinajstić information content (AvgIpc) is 2.18. The minimum absolute atomic E-state index is 0.109. The summed E-state index contributed by atoms with van der Waals surface area (Å²) < 4.78 is 5.95. The van der Waals surface area contributed by atoms with Crippen molar-refractivity contribution in [1.82, 2.24) is 0 Å². The molecule has 0 aliphatic carbocycles. The third-order valence-electron chi connectivity index (χ3n) is 4.42. The van der Waals surface area contributed by atoms with Gasteiger partial charge in [0.15, 0.2) is 0 Å². The smallest absolute Gasteiger partial charge is 0.0745 e. The van der Waals surface area contributed by atoms with Crippen LogP contribution in [-0.2, 0) is 4.74 Å². The SMILES string of the molecule is CC[C@@]1(C)C[C@@](CC[NH3+])(C(C)C)CCO1. The minimum atomic E-state index is 0.109. The van der Waals surface area contributed by atoms with Crippen LogP contribution in [0.1, 0.15) is 53.4 Å². The number of quaternary nitrogens is 1. The van der Waals surface area contributed by atoms with Crippen molar-refractivity contribution in [3.05, 3.63) is 0 Å². The standard InChI is InChI=1S/C13H27NO/c1-5-12(4)10-13(6-8-14,11(2)3)7-9-15-12/h11H,5-10,14H2,1-4H3/p+1/t12-,13-/m0/s1. The molecule has 3 N–H and O–H groups in total. The highest BCUT2D eigenvalue weighted by molar-refractivity contribution is 4.93. The number of rotatable bonds is 4. The molecular formula is C13H28NO+. The second kappa shape index (κ2) is 4.84. The zero-order valence-corrected chi connectivity index (χ0v) is 10.9. The number of hydrogen-bond donors (Lipinski definition) is 1. The molecule has 1 fully saturated rings. The molecule has 0 saturated carbocycles. The topological polar surface area (TPSA) is 36.9 Å². The number of ether oxygens (including phenoxy) is 1. The molecule has 0 amide bonds. The zero-order chi connectivity index (χ0) is 11.5. The van der Waals surface area contributed by atoms with Gasteiger partial charge in [0.1, 0.15) is 0 Å². The van der Waals surface area contributed by atoms with Gasteiger partial charge in [0.05, 0.1) is 12.1 Å². The predicted molar refractivity (Wildman–Crippen MR) is 63.5 cm³/mol. The molecule has 2 heteroatoms. The van der Waals surface area contributed by atoms with Gasteiger partial charge in [0, 0.05) is 13.0 Å². The summed E-state index contributed by atoms with van der Waals surface area (Å²) in [5.74, 6) is 0.744. The Bertz CT molecular complexity index is 201. The highest BCUT2D eigenvalue weighted by Crippen LogP contribution is 2.47. The van der Waals surface area contributed by atoms with E-state index in [4.69, 9.17) is 4.74 Å². The van der Waals surface area contributed by atoms with Crippen LogP contribution in [0.5, 0.6) is 0 Å². The quantitative estimate of drug-likeness (QED) is 0.765. The van der Waals surface area contributed by atoms with Gasteiger partial charge in [-0.15, -0.1) is 0 Å². The van der Waals surface area contributed by atoms with Gasteiger partial charge in [-0.2, -0.15) is 0 Å². The molecule has 0 radical (unpaired) electrons. The third-order valence-corrected chi connectivity index (χ3v) is 4.42. The van der Waals surface area contributed by atoms with Gasteiger partial charge >= 0.3 is 0 Å². The van der Waals surface area contributed by atoms with Crippen molar-refractivity contribution < 1.29 is 10.5 Å². The maximum absolute atomic E-state index is 5.95. The Morgan fingerprint density at radius 3 is 2.53 bits per heavy atom. The molecular weight excluding hydrogens is 186 g/mol. The molecule has 1 heterocycles. The highest BCUT2D eigenvalue weighted by Gasteiger charge is 2.43. The van der Waals surface area contributed by atoms with Crippen LogP contribution < -0.4 is 5.73 Å². The molecule has 1 aliphatic heterocycles. The van der Waals surface area contributed by atoms with Crippen LogP contribution in [0.25, 0.3) is 0 Å². The summed E-state index contributed by atoms with van der Waals surface area (Å²) in [6.07, 6.45) is 4.81. The summed E-state index contributed by atoms with van der Waals surface area (Å²) in [6, 6.07) is 0. The van der Waals surface area contributed by atoms with Gasteiger partial charge in [-0.1, -0.05) is 20.8 Å². The molecule has 2 nitrogen and oxygen atoms in total. The lowest BCUT2D eigenvalue weighted by molar-refractivity contribution is -0.375. The molecule has 1 saturated heterocycles. The van der Waals surface area contributed by atoms with E-state index >= 15 is 0 Å². The second-order valence-electron chi connectivity index (χ2n) is 5.70. The first kappa shape index (κ1) is 13.0. The van der Waals surface area contributed by atoms with Crippen LogP contribution in [0, 0.1) is 11.3 Å². The third kappa shape index (κ3) is 2.73. The molecule has 0 bridgehead atoms. The van der Waals surface area contributed by atoms with Crippen molar-refractivity contribution >= 4 is 0 Å². The van der Waals surface area contributed by atoms with Gasteiger partial charge in [-0.25, -0.2) is 0 Å². The summed E-state index contributed by atoms with van der Waals surface area (Å²) in [5, 5.41) is 0. The molecule has 0 spiro atoms. The molecule has 90 valence electrons. The molecule has 0 aromatic carbocycles. The van der Waals surface area contributed by atoms with Crippen LogP contribution in [0.4, 0.5) is 0 Å². The van der Waals surface area contributed by atoms with E-state index in [2.05, 4.69) is 33.4 Å². The monoisotopic (exact) mass is 214 g/mol. The van der Waals surface area contributed by atoms with E-state index < -0.39 is 0 Å². The normalized spacial score (nSPS) is 37.2. The minimum Gasteiger partial charge on any atom is -0.375 e. The van der Waals surface area contributed by atoms with E-state index in [1.54, 1.807) is 0 Å². The lowest BCUT2D eigenvalue weighted by Crippen LogP contribution is -2.55. The van der Waals surface area contributed by atoms with Gasteiger partial charge in [0.25, 0.3) is 0 Å². The van der Waals surface area contributed by atoms with E-state index in [9.17, 15) is 0 Å². The Morgan fingerprint density at radius 1 is 1.40 bits per heavy atom. The summed E-state index contributed by atoms with van der Waals surface area (Å²) in [7, 11) is 0. The first-order valence-electron chi connectivity index (χ1n) is 6.41. The van der Waals surface area contributed by atoms with Gasteiger partial charge in [0.2, 0.25) is 0 Å². The Kier molecular flexibility index (Phi) is 4.19. The zero-order valence-electron chi connectivity index (χ0n) is 10.9. The fraction of sp³-hybridized carbons (Fsp3) is 1.00. The molecule has 0 aromatic rings. The second-order valence-corrected chi connectivity index (χ2v) is 5.70. The Hall–Kier alpha value is -0.0800. The number of hydrogen-bond acceptors (Lipinski definition) is 1. The molecule has 15 heavy (non-hydrogen) atoms. The van der Waals surface area contributed by atoms with Crippen LogP contribution in [0.2, 0.25) is 0 Å². The van der Waals surface area contributed by atoms with Crippen molar-refractivity contribution in [3.63, 3.8) is 0 Å². The molecule has 2 atom stereocenters. The van der Waals surface area contributed by atoms with Crippen molar-refractivity contribution in [2.24, 2.45) is 11.3 Å². The van der Waals surface area contributed by atoms with Gasteiger partial charge < -0.3 is 10.5 Å². The van der Waals surface area contributed by atoms with Crippen LogP contribution >= 0.6 is 0 Å². The summed E-state index contributed by atoms with van der Waals surface area (Å²) in [6.45, 7) is 11.2. The van der Waals surface area contributed by atoms with Crippen LogP contribution in [0.15, 0.2) is 0 Å². The predicted octanol–water partition coefficient (Wildman–Crippen LogP) is 2.24. The van der Waals surface area contributed by atoms with E-state index in [0.717, 1.165) is 25.5 Å². The van der Waals surface area contributed by atoms with Crippen LogP contribution in [-0.4, -0.2) is 18.8 Å². The van der Waals surface area contributed by atoms with Crippen molar-refractivity contribution in [1.29, 1.82) is 0 Å². The largest absolute Gasteiger partial charge is 0.375 e. The van der Waals surface area contributed by atoms with Gasteiger partial charge in [-0.3, -0.25) is 0 Å². The fourth-order valence-corrected chi connectivity index (χ4v) is 2.96. The average molecular weight is 214 g/mol. The van der Waals surface area contributed by atoms with E-state index in [1.165, 1.54) is 19.3 Å². The molecule has 1 aliphatic rings. The first-order chi connectivity index (χ1) is 6.98. The van der Waals surface area contributed by atoms with Crippen molar-refractivity contribution in [3.8, 4) is 0 Å². The summed E-state index contributed by atoms with van der Waals surface area (Å²) >= 11 is 0. The molecule has 0 aromatic heterocycles. The maximum Gasteiger partial charge on any atom is 0.0745 e. The van der Waals surface area contributed by atoms with E-state index in [0.29, 0.717) is 5.41 Å². The first-order valence-corrected chi connectivity index (χ1v) is 6.41. The van der Waals surface area contributed by atoms with Crippen molar-refractivity contribution in [2.45, 2.75) is 59.0 Å². The lowest BCUT2D eigenvalue weighted by Gasteiger charge is -2.48. The Balaban J connectivity index is 2.80. The van der Waals surface area contributed by atoms with E-state index in [1.807, 2.05) is 0 Å². The van der Waals surface area contributed by atoms with Gasteiger partial charge in [-0.05, 0) is 37.5 Å². The fourth-order valence-electron chi connectivity index (χ4n) is 2.96. The Morgan fingerprint density at radius 2 is 2.07 bits per heavy atom. The highest BCUT2D eigenvalue weighted by atomic mass is 16.5. The lowest BCUT2D eigenvalue weighted by atomic mass is 9.64. The summed E-state index contributed by atoms with van der Waals surface area (Å²) in [4.78, 5) is 0. The molecule has 0 unspecified atom stereocenters. The molecule has 1 rings (SSSR count). The maximum atomic E-state index is 5.95. The van der Waals surface area contributed by atoms with E-state index in [-0.39, 0.29) is 5.60 Å².